The third kappa shape index (κ3) is 1.04. The van der Waals surface area contributed by atoms with Gasteiger partial charge in [-0.1, -0.05) is 0 Å². The standard InChI is InChI=1S/C6H3S2.Sn/c1-3-7-6-2-4-8-5(1)6;/h1-3H;. The zero-order chi connectivity index (χ0) is 6.27. The van der Waals surface area contributed by atoms with Crippen LogP contribution in [0.1, 0.15) is 0 Å². The van der Waals surface area contributed by atoms with E-state index in [-0.39, 0.29) is 0 Å². The molecule has 2 rings (SSSR count). The van der Waals surface area contributed by atoms with Crippen molar-refractivity contribution in [1.82, 2.24) is 0 Å². The van der Waals surface area contributed by atoms with Crippen molar-refractivity contribution in [2.24, 2.45) is 0 Å². The van der Waals surface area contributed by atoms with Gasteiger partial charge in [0, 0.05) is 0 Å². The summed E-state index contributed by atoms with van der Waals surface area (Å²) in [6.07, 6.45) is 0. The van der Waals surface area contributed by atoms with Crippen LogP contribution in [0.3, 0.4) is 0 Å². The first-order valence-electron chi connectivity index (χ1n) is 2.55. The van der Waals surface area contributed by atoms with E-state index in [9.17, 15) is 0 Å². The molecular formula is C6H3S2Sn. The number of rotatable bonds is 0. The summed E-state index contributed by atoms with van der Waals surface area (Å²) < 4.78 is 4.41. The molecule has 2 aromatic rings. The molecule has 0 fully saturated rings. The van der Waals surface area contributed by atoms with Gasteiger partial charge in [-0.05, 0) is 0 Å². The number of thiophene rings is 2. The van der Waals surface area contributed by atoms with Crippen LogP contribution in [0.25, 0.3) is 9.40 Å². The predicted molar refractivity (Wildman–Crippen MR) is 45.1 cm³/mol. The van der Waals surface area contributed by atoms with Crippen molar-refractivity contribution < 1.29 is 0 Å². The fourth-order valence-electron chi connectivity index (χ4n) is 0.766. The van der Waals surface area contributed by atoms with Crippen LogP contribution in [-0.2, 0) is 0 Å². The van der Waals surface area contributed by atoms with Gasteiger partial charge in [0.25, 0.3) is 0 Å². The molecule has 0 aliphatic heterocycles. The second-order valence-electron chi connectivity index (χ2n) is 1.76. The third-order valence-electron chi connectivity index (χ3n) is 1.14. The summed E-state index contributed by atoms with van der Waals surface area (Å²) in [5.41, 5.74) is 0. The zero-order valence-electron chi connectivity index (χ0n) is 4.55. The summed E-state index contributed by atoms with van der Waals surface area (Å²) in [4.78, 5) is 0. The van der Waals surface area contributed by atoms with E-state index < -0.39 is 0 Å². The molecule has 0 N–H and O–H groups in total. The van der Waals surface area contributed by atoms with Crippen LogP contribution in [0.2, 0.25) is 0 Å². The first-order valence-corrected chi connectivity index (χ1v) is 5.67. The van der Waals surface area contributed by atoms with Crippen LogP contribution in [0.5, 0.6) is 0 Å². The van der Waals surface area contributed by atoms with Crippen molar-refractivity contribution >= 4 is 57.5 Å². The Balaban J connectivity index is 2.92. The Morgan fingerprint density at radius 1 is 1.33 bits per heavy atom. The Labute approximate surface area is 74.6 Å². The predicted octanol–water partition coefficient (Wildman–Crippen LogP) is 1.76. The molecule has 9 heavy (non-hydrogen) atoms. The van der Waals surface area contributed by atoms with Crippen LogP contribution in [0.4, 0.5) is 0 Å². The van der Waals surface area contributed by atoms with Gasteiger partial charge in [0.05, 0.1) is 0 Å². The van der Waals surface area contributed by atoms with Crippen molar-refractivity contribution in [3.05, 3.63) is 17.5 Å². The number of fused-ring (bicyclic) bond motifs is 1. The summed E-state index contributed by atoms with van der Waals surface area (Å²) in [6, 6.07) is 4.47. The zero-order valence-corrected chi connectivity index (χ0v) is 9.04. The Morgan fingerprint density at radius 3 is 3.00 bits per heavy atom. The Morgan fingerprint density at radius 2 is 2.22 bits per heavy atom. The van der Waals surface area contributed by atoms with E-state index >= 15 is 0 Å². The van der Waals surface area contributed by atoms with Crippen LogP contribution in [0.15, 0.2) is 17.5 Å². The summed E-state index contributed by atoms with van der Waals surface area (Å²) >= 11 is 5.28. The van der Waals surface area contributed by atoms with E-state index in [4.69, 9.17) is 0 Å². The molecule has 0 nitrogen and oxygen atoms in total. The van der Waals surface area contributed by atoms with Gasteiger partial charge in [0.1, 0.15) is 0 Å². The molecule has 2 aromatic heterocycles. The van der Waals surface area contributed by atoms with E-state index in [0.717, 1.165) is 0 Å². The minimum atomic E-state index is 1.45. The topological polar surface area (TPSA) is 0 Å². The molecule has 0 bridgehead atoms. The maximum absolute atomic E-state index is 2.28. The van der Waals surface area contributed by atoms with Gasteiger partial charge >= 0.3 is 75.0 Å². The number of hydrogen-bond donors (Lipinski definition) is 0. The molecule has 0 aliphatic rings. The summed E-state index contributed by atoms with van der Waals surface area (Å²) in [5, 5.41) is 2.15. The summed E-state index contributed by atoms with van der Waals surface area (Å²) in [6.45, 7) is 0. The van der Waals surface area contributed by atoms with E-state index in [1.165, 1.54) is 34.8 Å². The van der Waals surface area contributed by atoms with Gasteiger partial charge < -0.3 is 0 Å². The minimum absolute atomic E-state index is 1.45. The van der Waals surface area contributed by atoms with Crippen LogP contribution in [-0.4, -0.2) is 22.5 Å². The van der Waals surface area contributed by atoms with E-state index in [0.29, 0.717) is 0 Å². The van der Waals surface area contributed by atoms with E-state index in [1.807, 2.05) is 22.7 Å². The SMILES string of the molecule is [Sn][c]1cc2sccc2s1. The quantitative estimate of drug-likeness (QED) is 0.631. The molecule has 3 radical (unpaired) electrons. The molecule has 3 heteroatoms. The monoisotopic (exact) mass is 259 g/mol. The van der Waals surface area contributed by atoms with Gasteiger partial charge in [-0.15, -0.1) is 0 Å². The Kier molecular flexibility index (Phi) is 1.55. The Hall–Kier alpha value is 0.459. The molecule has 43 valence electrons. The average Bonchev–Trinajstić information content (AvgIpc) is 2.22. The van der Waals surface area contributed by atoms with Gasteiger partial charge in [0.15, 0.2) is 0 Å². The van der Waals surface area contributed by atoms with Crippen LogP contribution < -0.4 is 2.89 Å². The van der Waals surface area contributed by atoms with E-state index in [2.05, 4.69) is 17.5 Å². The summed E-state index contributed by atoms with van der Waals surface area (Å²) in [5.74, 6) is 0. The van der Waals surface area contributed by atoms with Crippen molar-refractivity contribution in [3.8, 4) is 0 Å². The normalized spacial score (nSPS) is 10.8. The fraction of sp³-hybridized carbons (Fsp3) is 0. The van der Waals surface area contributed by atoms with Crippen LogP contribution in [0, 0.1) is 0 Å². The molecule has 2 heterocycles. The average molecular weight is 258 g/mol. The second kappa shape index (κ2) is 2.25. The molecule has 0 spiro atoms. The van der Waals surface area contributed by atoms with Gasteiger partial charge in [-0.25, -0.2) is 0 Å². The molecular weight excluding hydrogens is 255 g/mol. The van der Waals surface area contributed by atoms with Crippen LogP contribution >= 0.6 is 22.7 Å². The summed E-state index contributed by atoms with van der Waals surface area (Å²) in [7, 11) is 0. The fourth-order valence-corrected chi connectivity index (χ4v) is 4.28. The second-order valence-corrected chi connectivity index (χ2v) is 6.36. The third-order valence-corrected chi connectivity index (χ3v) is 4.33. The first kappa shape index (κ1) is 6.19. The van der Waals surface area contributed by atoms with E-state index in [1.54, 1.807) is 0 Å². The van der Waals surface area contributed by atoms with Gasteiger partial charge in [-0.3, -0.25) is 0 Å². The molecule has 0 saturated heterocycles. The first-order chi connectivity index (χ1) is 4.36. The van der Waals surface area contributed by atoms with Crippen molar-refractivity contribution in [2.45, 2.75) is 0 Å². The molecule has 0 aliphatic carbocycles. The van der Waals surface area contributed by atoms with Crippen molar-refractivity contribution in [3.63, 3.8) is 0 Å². The van der Waals surface area contributed by atoms with Gasteiger partial charge in [0.2, 0.25) is 0 Å². The molecule has 0 amide bonds. The van der Waals surface area contributed by atoms with Crippen molar-refractivity contribution in [1.29, 1.82) is 0 Å². The number of hydrogen-bond acceptors (Lipinski definition) is 2. The van der Waals surface area contributed by atoms with Crippen molar-refractivity contribution in [2.75, 3.05) is 0 Å². The molecule has 0 atom stereocenters. The van der Waals surface area contributed by atoms with Gasteiger partial charge in [-0.2, -0.15) is 0 Å². The Bertz CT molecular complexity index is 292. The maximum atomic E-state index is 2.28. The molecule has 0 aromatic carbocycles. The molecule has 0 saturated carbocycles. The molecule has 0 unspecified atom stereocenters.